The molecule has 0 saturated heterocycles. The van der Waals surface area contributed by atoms with Gasteiger partial charge in [0.05, 0.1) is 6.54 Å². The van der Waals surface area contributed by atoms with Crippen molar-refractivity contribution in [2.24, 2.45) is 0 Å². The summed E-state index contributed by atoms with van der Waals surface area (Å²) in [6.45, 7) is 3.95. The van der Waals surface area contributed by atoms with Crippen molar-refractivity contribution in [3.63, 3.8) is 0 Å². The molecule has 3 rings (SSSR count). The topological polar surface area (TPSA) is 84.2 Å². The quantitative estimate of drug-likeness (QED) is 0.735. The number of likely N-dealkylation sites (N-methyl/N-ethyl adjacent to an activating group) is 1. The van der Waals surface area contributed by atoms with E-state index in [1.165, 1.54) is 0 Å². The van der Waals surface area contributed by atoms with Crippen LogP contribution in [0.2, 0.25) is 0 Å². The highest BCUT2D eigenvalue weighted by atomic mass is 16.5. The molecular formula is C19H21N5O2. The molecular weight excluding hydrogens is 330 g/mol. The summed E-state index contributed by atoms with van der Waals surface area (Å²) in [5.41, 5.74) is 2.68. The Balaban J connectivity index is 1.61. The van der Waals surface area contributed by atoms with Gasteiger partial charge < -0.3 is 14.7 Å². The van der Waals surface area contributed by atoms with Crippen molar-refractivity contribution in [2.75, 3.05) is 18.5 Å². The Labute approximate surface area is 152 Å². The highest BCUT2D eigenvalue weighted by molar-refractivity contribution is 5.81. The average Bonchev–Trinajstić information content (AvgIpc) is 3.12. The number of para-hydroxylation sites is 1. The molecule has 7 nitrogen and oxygen atoms in total. The van der Waals surface area contributed by atoms with Crippen molar-refractivity contribution in [1.82, 2.24) is 20.4 Å². The van der Waals surface area contributed by atoms with Gasteiger partial charge in [-0.05, 0) is 38.1 Å². The summed E-state index contributed by atoms with van der Waals surface area (Å²) in [7, 11) is 1.87. The highest BCUT2D eigenvalue weighted by Gasteiger charge is 2.18. The molecule has 0 radical (unpaired) electrons. The Kier molecular flexibility index (Phi) is 5.26. The van der Waals surface area contributed by atoms with Gasteiger partial charge in [-0.25, -0.2) is 0 Å². The first-order valence-corrected chi connectivity index (χ1v) is 8.35. The maximum absolute atomic E-state index is 12.3. The van der Waals surface area contributed by atoms with E-state index in [1.807, 2.05) is 68.3 Å². The number of aryl methyl sites for hydroxylation is 1. The zero-order chi connectivity index (χ0) is 18.5. The number of aromatic nitrogens is 3. The summed E-state index contributed by atoms with van der Waals surface area (Å²) in [6, 6.07) is 13.1. The van der Waals surface area contributed by atoms with Crippen LogP contribution in [0.5, 0.6) is 0 Å². The molecule has 3 aromatic rings. The number of amides is 1. The SMILES string of the molecule is Cc1cc(-c2noc([C@H](C)NC(=O)CN(C)c3ccccc3)n2)ccn1. The predicted molar refractivity (Wildman–Crippen MR) is 98.5 cm³/mol. The number of nitrogens with one attached hydrogen (secondary N) is 1. The molecule has 26 heavy (non-hydrogen) atoms. The molecule has 0 unspecified atom stereocenters. The molecule has 1 aromatic carbocycles. The van der Waals surface area contributed by atoms with Gasteiger partial charge in [0, 0.05) is 30.2 Å². The van der Waals surface area contributed by atoms with Crippen LogP contribution in [-0.2, 0) is 4.79 Å². The average molecular weight is 351 g/mol. The Bertz CT molecular complexity index is 878. The zero-order valence-corrected chi connectivity index (χ0v) is 15.0. The van der Waals surface area contributed by atoms with E-state index in [-0.39, 0.29) is 18.5 Å². The van der Waals surface area contributed by atoms with Crippen LogP contribution in [0, 0.1) is 6.92 Å². The summed E-state index contributed by atoms with van der Waals surface area (Å²) >= 11 is 0. The lowest BCUT2D eigenvalue weighted by Gasteiger charge is -2.19. The van der Waals surface area contributed by atoms with Crippen LogP contribution >= 0.6 is 0 Å². The zero-order valence-electron chi connectivity index (χ0n) is 15.0. The van der Waals surface area contributed by atoms with Crippen LogP contribution < -0.4 is 10.2 Å². The first-order chi connectivity index (χ1) is 12.5. The van der Waals surface area contributed by atoms with E-state index < -0.39 is 0 Å². The largest absolute Gasteiger partial charge is 0.365 e. The third-order valence-electron chi connectivity index (χ3n) is 3.92. The number of carbonyl (C=O) groups is 1. The van der Waals surface area contributed by atoms with E-state index in [0.29, 0.717) is 11.7 Å². The maximum atomic E-state index is 12.3. The van der Waals surface area contributed by atoms with E-state index in [4.69, 9.17) is 4.52 Å². The molecule has 0 bridgehead atoms. The second-order valence-electron chi connectivity index (χ2n) is 6.12. The van der Waals surface area contributed by atoms with Crippen LogP contribution in [0.4, 0.5) is 5.69 Å². The molecule has 1 atom stereocenters. The Morgan fingerprint density at radius 1 is 1.27 bits per heavy atom. The molecule has 134 valence electrons. The molecule has 1 amide bonds. The smallest absolute Gasteiger partial charge is 0.249 e. The minimum atomic E-state index is -0.379. The number of hydrogen-bond acceptors (Lipinski definition) is 6. The van der Waals surface area contributed by atoms with Gasteiger partial charge in [-0.1, -0.05) is 23.4 Å². The third kappa shape index (κ3) is 4.24. The Morgan fingerprint density at radius 3 is 2.77 bits per heavy atom. The highest BCUT2D eigenvalue weighted by Crippen LogP contribution is 2.19. The Morgan fingerprint density at radius 2 is 2.04 bits per heavy atom. The van der Waals surface area contributed by atoms with Gasteiger partial charge >= 0.3 is 0 Å². The van der Waals surface area contributed by atoms with E-state index >= 15 is 0 Å². The molecule has 7 heteroatoms. The molecule has 0 aliphatic rings. The summed E-state index contributed by atoms with van der Waals surface area (Å²) in [5.74, 6) is 0.724. The molecule has 0 aliphatic heterocycles. The molecule has 2 heterocycles. The van der Waals surface area contributed by atoms with Crippen molar-refractivity contribution in [2.45, 2.75) is 19.9 Å². The van der Waals surface area contributed by atoms with Crippen LogP contribution in [0.1, 0.15) is 24.6 Å². The number of hydrogen-bond donors (Lipinski definition) is 1. The van der Waals surface area contributed by atoms with E-state index in [2.05, 4.69) is 20.4 Å². The molecule has 2 aromatic heterocycles. The fraction of sp³-hybridized carbons (Fsp3) is 0.263. The summed E-state index contributed by atoms with van der Waals surface area (Å²) in [4.78, 5) is 22.7. The maximum Gasteiger partial charge on any atom is 0.249 e. The second kappa shape index (κ2) is 7.77. The van der Waals surface area contributed by atoms with Crippen molar-refractivity contribution in [3.05, 3.63) is 60.2 Å². The summed E-state index contributed by atoms with van der Waals surface area (Å²) in [6.07, 6.45) is 1.70. The fourth-order valence-corrected chi connectivity index (χ4v) is 2.55. The van der Waals surface area contributed by atoms with Crippen molar-refractivity contribution >= 4 is 11.6 Å². The number of anilines is 1. The molecule has 1 N–H and O–H groups in total. The summed E-state index contributed by atoms with van der Waals surface area (Å²) in [5, 5.41) is 6.87. The van der Waals surface area contributed by atoms with E-state index in [1.54, 1.807) is 6.20 Å². The van der Waals surface area contributed by atoms with Crippen molar-refractivity contribution < 1.29 is 9.32 Å². The van der Waals surface area contributed by atoms with Crippen LogP contribution in [0.15, 0.2) is 53.2 Å². The number of rotatable bonds is 6. The lowest BCUT2D eigenvalue weighted by Crippen LogP contribution is -2.36. The van der Waals surface area contributed by atoms with Gasteiger partial charge in [-0.3, -0.25) is 9.78 Å². The first-order valence-electron chi connectivity index (χ1n) is 8.35. The predicted octanol–water partition coefficient (Wildman–Crippen LogP) is 2.75. The fourth-order valence-electron chi connectivity index (χ4n) is 2.55. The lowest BCUT2D eigenvalue weighted by molar-refractivity contribution is -0.120. The van der Waals surface area contributed by atoms with Crippen LogP contribution in [0.25, 0.3) is 11.4 Å². The van der Waals surface area contributed by atoms with Crippen LogP contribution in [0.3, 0.4) is 0 Å². The minimum Gasteiger partial charge on any atom is -0.365 e. The normalized spacial score (nSPS) is 11.8. The Hall–Kier alpha value is -3.22. The second-order valence-corrected chi connectivity index (χ2v) is 6.12. The molecule has 0 spiro atoms. The van der Waals surface area contributed by atoms with E-state index in [0.717, 1.165) is 16.9 Å². The standard InChI is InChI=1S/C19H21N5O2/c1-13-11-15(9-10-20-13)18-22-19(26-23-18)14(2)21-17(25)12-24(3)16-7-5-4-6-8-16/h4-11,14H,12H2,1-3H3,(H,21,25)/t14-/m0/s1. The van der Waals surface area contributed by atoms with Crippen LogP contribution in [-0.4, -0.2) is 34.6 Å². The van der Waals surface area contributed by atoms with E-state index in [9.17, 15) is 4.79 Å². The number of pyridine rings is 1. The molecule has 0 fully saturated rings. The monoisotopic (exact) mass is 351 g/mol. The third-order valence-corrected chi connectivity index (χ3v) is 3.92. The van der Waals surface area contributed by atoms with Gasteiger partial charge in [-0.2, -0.15) is 4.98 Å². The number of benzene rings is 1. The van der Waals surface area contributed by atoms with Gasteiger partial charge in [0.15, 0.2) is 0 Å². The van der Waals surface area contributed by atoms with Gasteiger partial charge in [0.1, 0.15) is 6.04 Å². The number of carbonyl (C=O) groups excluding carboxylic acids is 1. The number of nitrogens with zero attached hydrogens (tertiary/aromatic N) is 4. The van der Waals surface area contributed by atoms with Gasteiger partial charge in [0.2, 0.25) is 17.6 Å². The lowest BCUT2D eigenvalue weighted by atomic mass is 10.2. The van der Waals surface area contributed by atoms with Crippen molar-refractivity contribution in [1.29, 1.82) is 0 Å². The van der Waals surface area contributed by atoms with Gasteiger partial charge in [0.25, 0.3) is 0 Å². The first kappa shape index (κ1) is 17.6. The van der Waals surface area contributed by atoms with Gasteiger partial charge in [-0.15, -0.1) is 0 Å². The van der Waals surface area contributed by atoms with Crippen molar-refractivity contribution in [3.8, 4) is 11.4 Å². The minimum absolute atomic E-state index is 0.122. The summed E-state index contributed by atoms with van der Waals surface area (Å²) < 4.78 is 5.30. The molecule has 0 saturated carbocycles. The molecule has 0 aliphatic carbocycles.